The molecule has 3 rings (SSSR count). The van der Waals surface area contributed by atoms with E-state index in [0.717, 1.165) is 25.2 Å². The Morgan fingerprint density at radius 1 is 1.50 bits per heavy atom. The van der Waals surface area contributed by atoms with Crippen molar-refractivity contribution in [2.24, 2.45) is 13.0 Å². The summed E-state index contributed by atoms with van der Waals surface area (Å²) in [4.78, 5) is 4.49. The molecule has 0 unspecified atom stereocenters. The topological polar surface area (TPSA) is 81.8 Å². The van der Waals surface area contributed by atoms with Crippen LogP contribution < -0.4 is 4.72 Å². The van der Waals surface area contributed by atoms with E-state index >= 15 is 0 Å². The number of imidazole rings is 1. The largest absolute Gasteiger partial charge is 0.335 e. The van der Waals surface area contributed by atoms with Crippen molar-refractivity contribution in [1.82, 2.24) is 24.1 Å². The van der Waals surface area contributed by atoms with E-state index in [-0.39, 0.29) is 10.8 Å². The number of fused-ring (bicyclic) bond motifs is 1. The molecule has 0 spiro atoms. The van der Waals surface area contributed by atoms with Gasteiger partial charge >= 0.3 is 0 Å². The normalized spacial score (nSPS) is 18.9. The first kappa shape index (κ1) is 13.3. The Labute approximate surface area is 117 Å². The highest BCUT2D eigenvalue weighted by atomic mass is 32.2. The van der Waals surface area contributed by atoms with E-state index in [1.54, 1.807) is 13.2 Å². The first-order valence-corrected chi connectivity index (χ1v) is 8.01. The molecule has 2 aromatic heterocycles. The van der Waals surface area contributed by atoms with E-state index in [2.05, 4.69) is 19.4 Å². The molecule has 1 N–H and O–H groups in total. The Bertz CT molecular complexity index is 703. The SMILES string of the molecule is Cn1cc(S(=O)(=O)NC[C@@H]2CCn3ccnc3C2)cn1. The van der Waals surface area contributed by atoms with Crippen LogP contribution in [-0.2, 0) is 30.0 Å². The fraction of sp³-hybridized carbons (Fsp3) is 0.500. The molecule has 7 nitrogen and oxygen atoms in total. The highest BCUT2D eigenvalue weighted by Crippen LogP contribution is 2.19. The molecule has 1 atom stereocenters. The van der Waals surface area contributed by atoms with Gasteiger partial charge in [-0.25, -0.2) is 18.1 Å². The highest BCUT2D eigenvalue weighted by molar-refractivity contribution is 7.89. The molecule has 20 heavy (non-hydrogen) atoms. The number of nitrogens with one attached hydrogen (secondary N) is 1. The molecule has 0 amide bonds. The Morgan fingerprint density at radius 3 is 3.10 bits per heavy atom. The highest BCUT2D eigenvalue weighted by Gasteiger charge is 2.22. The molecule has 2 aromatic rings. The molecule has 1 aliphatic heterocycles. The zero-order chi connectivity index (χ0) is 14.2. The number of aromatic nitrogens is 4. The van der Waals surface area contributed by atoms with Crippen LogP contribution >= 0.6 is 0 Å². The van der Waals surface area contributed by atoms with Crippen LogP contribution in [0.4, 0.5) is 0 Å². The zero-order valence-corrected chi connectivity index (χ0v) is 12.0. The third-order valence-electron chi connectivity index (χ3n) is 3.60. The van der Waals surface area contributed by atoms with Gasteiger partial charge in [-0.1, -0.05) is 0 Å². The molecule has 0 saturated carbocycles. The van der Waals surface area contributed by atoms with Crippen LogP contribution in [0, 0.1) is 5.92 Å². The zero-order valence-electron chi connectivity index (χ0n) is 11.2. The summed E-state index contributed by atoms with van der Waals surface area (Å²) in [6, 6.07) is 0. The molecule has 0 aliphatic carbocycles. The molecule has 108 valence electrons. The molecule has 0 bridgehead atoms. The minimum absolute atomic E-state index is 0.206. The summed E-state index contributed by atoms with van der Waals surface area (Å²) in [5.41, 5.74) is 0. The van der Waals surface area contributed by atoms with E-state index in [1.165, 1.54) is 17.1 Å². The van der Waals surface area contributed by atoms with Gasteiger partial charge in [-0.15, -0.1) is 0 Å². The van der Waals surface area contributed by atoms with Crippen LogP contribution in [0.2, 0.25) is 0 Å². The Balaban J connectivity index is 1.63. The quantitative estimate of drug-likeness (QED) is 0.871. The van der Waals surface area contributed by atoms with Gasteiger partial charge in [0.25, 0.3) is 0 Å². The predicted octanol–water partition coefficient (Wildman–Crippen LogP) is 0.157. The molecule has 0 aromatic carbocycles. The average molecular weight is 295 g/mol. The van der Waals surface area contributed by atoms with Gasteiger partial charge < -0.3 is 4.57 Å². The maximum atomic E-state index is 12.1. The second-order valence-electron chi connectivity index (χ2n) is 5.10. The van der Waals surface area contributed by atoms with Gasteiger partial charge in [0.1, 0.15) is 10.7 Å². The van der Waals surface area contributed by atoms with Crippen molar-refractivity contribution in [1.29, 1.82) is 0 Å². The lowest BCUT2D eigenvalue weighted by Crippen LogP contribution is -2.33. The van der Waals surface area contributed by atoms with Crippen LogP contribution in [0.3, 0.4) is 0 Å². The predicted molar refractivity (Wildman–Crippen MR) is 72.4 cm³/mol. The van der Waals surface area contributed by atoms with Gasteiger partial charge in [0.05, 0.1) is 6.20 Å². The second-order valence-corrected chi connectivity index (χ2v) is 6.86. The van der Waals surface area contributed by atoms with E-state index < -0.39 is 10.0 Å². The first-order valence-electron chi connectivity index (χ1n) is 6.53. The maximum Gasteiger partial charge on any atom is 0.243 e. The fourth-order valence-corrected chi connectivity index (χ4v) is 3.54. The lowest BCUT2D eigenvalue weighted by atomic mass is 9.98. The van der Waals surface area contributed by atoms with Gasteiger partial charge in [-0.3, -0.25) is 4.68 Å². The summed E-state index contributed by atoms with van der Waals surface area (Å²) in [7, 11) is -1.77. The average Bonchev–Trinajstić information content (AvgIpc) is 3.04. The number of nitrogens with zero attached hydrogens (tertiary/aromatic N) is 4. The molecule has 0 radical (unpaired) electrons. The van der Waals surface area contributed by atoms with Gasteiger partial charge in [0, 0.05) is 45.1 Å². The number of aryl methyl sites for hydroxylation is 2. The van der Waals surface area contributed by atoms with Crippen LogP contribution in [-0.4, -0.2) is 34.3 Å². The van der Waals surface area contributed by atoms with Gasteiger partial charge in [-0.2, -0.15) is 5.10 Å². The third kappa shape index (κ3) is 2.61. The monoisotopic (exact) mass is 295 g/mol. The van der Waals surface area contributed by atoms with Crippen molar-refractivity contribution >= 4 is 10.0 Å². The summed E-state index contributed by atoms with van der Waals surface area (Å²) >= 11 is 0. The van der Waals surface area contributed by atoms with Crippen molar-refractivity contribution in [3.05, 3.63) is 30.6 Å². The Kier molecular flexibility index (Phi) is 3.35. The Hall–Kier alpha value is -1.67. The number of sulfonamides is 1. The molecular formula is C12H17N5O2S. The van der Waals surface area contributed by atoms with Crippen molar-refractivity contribution in [3.8, 4) is 0 Å². The number of hydrogen-bond donors (Lipinski definition) is 1. The standard InChI is InChI=1S/C12H17N5O2S/c1-16-9-11(8-14-16)20(18,19)15-7-10-2-4-17-5-3-13-12(17)6-10/h3,5,8-10,15H,2,4,6-7H2,1H3/t10-/m1/s1. The fourth-order valence-electron chi connectivity index (χ4n) is 2.44. The lowest BCUT2D eigenvalue weighted by Gasteiger charge is -2.23. The Morgan fingerprint density at radius 2 is 2.35 bits per heavy atom. The van der Waals surface area contributed by atoms with Gasteiger partial charge in [0.2, 0.25) is 10.0 Å². The van der Waals surface area contributed by atoms with Crippen molar-refractivity contribution in [2.45, 2.75) is 24.3 Å². The van der Waals surface area contributed by atoms with E-state index in [9.17, 15) is 8.42 Å². The molecule has 3 heterocycles. The minimum Gasteiger partial charge on any atom is -0.335 e. The number of hydrogen-bond acceptors (Lipinski definition) is 4. The van der Waals surface area contributed by atoms with Crippen LogP contribution in [0.1, 0.15) is 12.2 Å². The van der Waals surface area contributed by atoms with E-state index in [0.29, 0.717) is 6.54 Å². The third-order valence-corrected chi connectivity index (χ3v) is 4.98. The smallest absolute Gasteiger partial charge is 0.243 e. The van der Waals surface area contributed by atoms with Crippen molar-refractivity contribution < 1.29 is 8.42 Å². The maximum absolute atomic E-state index is 12.1. The van der Waals surface area contributed by atoms with Gasteiger partial charge in [-0.05, 0) is 12.3 Å². The summed E-state index contributed by atoms with van der Waals surface area (Å²) < 4.78 is 30.5. The molecule has 1 aliphatic rings. The summed E-state index contributed by atoms with van der Waals surface area (Å²) in [5, 5.41) is 3.88. The molecule has 0 fully saturated rings. The summed E-state index contributed by atoms with van der Waals surface area (Å²) in [6.45, 7) is 1.33. The summed E-state index contributed by atoms with van der Waals surface area (Å²) in [5.74, 6) is 1.32. The van der Waals surface area contributed by atoms with E-state index in [4.69, 9.17) is 0 Å². The van der Waals surface area contributed by atoms with Crippen molar-refractivity contribution in [3.63, 3.8) is 0 Å². The lowest BCUT2D eigenvalue weighted by molar-refractivity contribution is 0.379. The van der Waals surface area contributed by atoms with Gasteiger partial charge in [0.15, 0.2) is 0 Å². The molecule has 0 saturated heterocycles. The summed E-state index contributed by atoms with van der Waals surface area (Å²) in [6.07, 6.45) is 8.37. The first-order chi connectivity index (χ1) is 9.54. The molecule has 8 heteroatoms. The number of rotatable bonds is 4. The van der Waals surface area contributed by atoms with E-state index in [1.807, 2.05) is 6.20 Å². The van der Waals surface area contributed by atoms with Crippen LogP contribution in [0.5, 0.6) is 0 Å². The second kappa shape index (κ2) is 5.02. The van der Waals surface area contributed by atoms with Crippen LogP contribution in [0.15, 0.2) is 29.7 Å². The minimum atomic E-state index is -3.46. The van der Waals surface area contributed by atoms with Crippen LogP contribution in [0.25, 0.3) is 0 Å². The molecular weight excluding hydrogens is 278 g/mol. The van der Waals surface area contributed by atoms with Crippen molar-refractivity contribution in [2.75, 3.05) is 6.54 Å².